The van der Waals surface area contributed by atoms with E-state index in [1.54, 1.807) is 18.2 Å². The van der Waals surface area contributed by atoms with E-state index in [1.807, 2.05) is 0 Å². The molecule has 1 fully saturated rings. The molecule has 0 aliphatic carbocycles. The second-order valence-corrected chi connectivity index (χ2v) is 4.89. The van der Waals surface area contributed by atoms with Gasteiger partial charge in [-0.2, -0.15) is 0 Å². The Morgan fingerprint density at radius 1 is 1.36 bits per heavy atom. The predicted molar refractivity (Wildman–Crippen MR) is 82.4 cm³/mol. The highest BCUT2D eigenvalue weighted by atomic mass is 16.6. The van der Waals surface area contributed by atoms with Crippen LogP contribution >= 0.6 is 0 Å². The molecule has 1 aromatic rings. The number of para-hydroxylation sites is 1. The van der Waals surface area contributed by atoms with Gasteiger partial charge >= 0.3 is 0 Å². The number of ether oxygens (including phenoxy) is 1. The summed E-state index contributed by atoms with van der Waals surface area (Å²) in [5, 5.41) is 13.6. The third-order valence-corrected chi connectivity index (χ3v) is 3.38. The molecule has 1 amide bonds. The Kier molecular flexibility index (Phi) is 6.05. The van der Waals surface area contributed by atoms with Crippen molar-refractivity contribution in [1.82, 2.24) is 10.2 Å². The van der Waals surface area contributed by atoms with Gasteiger partial charge in [-0.05, 0) is 12.1 Å². The maximum Gasteiger partial charge on any atom is 0.276 e. The smallest absolute Gasteiger partial charge is 0.276 e. The number of hydrogen-bond donors (Lipinski definition) is 1. The minimum Gasteiger partial charge on any atom is -0.379 e. The minimum absolute atomic E-state index is 0.0140. The van der Waals surface area contributed by atoms with Crippen molar-refractivity contribution in [3.63, 3.8) is 0 Å². The summed E-state index contributed by atoms with van der Waals surface area (Å²) in [4.78, 5) is 24.4. The second kappa shape index (κ2) is 8.26. The summed E-state index contributed by atoms with van der Waals surface area (Å²) >= 11 is 0. The number of rotatable bonds is 6. The Balaban J connectivity index is 1.80. The first kappa shape index (κ1) is 16.1. The highest BCUT2D eigenvalue weighted by Crippen LogP contribution is 2.18. The lowest BCUT2D eigenvalue weighted by Gasteiger charge is -2.26. The van der Waals surface area contributed by atoms with Crippen molar-refractivity contribution in [2.75, 3.05) is 39.4 Å². The third-order valence-electron chi connectivity index (χ3n) is 3.38. The molecule has 0 saturated carbocycles. The number of nitrogens with zero attached hydrogens (tertiary/aromatic N) is 2. The van der Waals surface area contributed by atoms with E-state index in [4.69, 9.17) is 4.74 Å². The molecule has 1 aromatic carbocycles. The second-order valence-electron chi connectivity index (χ2n) is 4.89. The molecule has 1 saturated heterocycles. The molecule has 1 aliphatic rings. The van der Waals surface area contributed by atoms with E-state index in [9.17, 15) is 14.9 Å². The monoisotopic (exact) mass is 305 g/mol. The number of carbonyl (C=O) groups is 1. The zero-order valence-corrected chi connectivity index (χ0v) is 12.2. The number of benzene rings is 1. The average Bonchev–Trinajstić information content (AvgIpc) is 2.54. The maximum atomic E-state index is 11.7. The number of nitro groups is 1. The molecule has 22 heavy (non-hydrogen) atoms. The molecule has 7 heteroatoms. The van der Waals surface area contributed by atoms with Gasteiger partial charge in [-0.25, -0.2) is 0 Å². The van der Waals surface area contributed by atoms with Crippen LogP contribution in [0.2, 0.25) is 0 Å². The summed E-state index contributed by atoms with van der Waals surface area (Å²) in [6.07, 6.45) is 2.78. The average molecular weight is 305 g/mol. The largest absolute Gasteiger partial charge is 0.379 e. The molecule has 118 valence electrons. The van der Waals surface area contributed by atoms with E-state index in [1.165, 1.54) is 18.2 Å². The summed E-state index contributed by atoms with van der Waals surface area (Å²) in [7, 11) is 0. The van der Waals surface area contributed by atoms with Crippen LogP contribution in [0.15, 0.2) is 30.3 Å². The van der Waals surface area contributed by atoms with Gasteiger partial charge < -0.3 is 10.1 Å². The highest BCUT2D eigenvalue weighted by molar-refractivity contribution is 5.92. The van der Waals surface area contributed by atoms with Crippen molar-refractivity contribution < 1.29 is 14.5 Å². The molecule has 0 unspecified atom stereocenters. The van der Waals surface area contributed by atoms with Crippen molar-refractivity contribution in [3.05, 3.63) is 46.0 Å². The Morgan fingerprint density at radius 3 is 2.82 bits per heavy atom. The van der Waals surface area contributed by atoms with Crippen LogP contribution in [0.1, 0.15) is 5.56 Å². The molecule has 0 aromatic heterocycles. The molecule has 7 nitrogen and oxygen atoms in total. The quantitative estimate of drug-likeness (QED) is 0.482. The van der Waals surface area contributed by atoms with Crippen LogP contribution < -0.4 is 5.32 Å². The molecule has 0 radical (unpaired) electrons. The first-order valence-corrected chi connectivity index (χ1v) is 7.16. The summed E-state index contributed by atoms with van der Waals surface area (Å²) in [6, 6.07) is 6.31. The number of carbonyl (C=O) groups excluding carboxylic acids is 1. The van der Waals surface area contributed by atoms with Gasteiger partial charge in [0.1, 0.15) is 0 Å². The van der Waals surface area contributed by atoms with Gasteiger partial charge in [0.15, 0.2) is 0 Å². The first-order valence-electron chi connectivity index (χ1n) is 7.16. The number of nitrogens with one attached hydrogen (secondary N) is 1. The lowest BCUT2D eigenvalue weighted by atomic mass is 10.1. The Morgan fingerprint density at radius 2 is 2.09 bits per heavy atom. The van der Waals surface area contributed by atoms with Crippen LogP contribution in [-0.4, -0.2) is 55.1 Å². The lowest BCUT2D eigenvalue weighted by Crippen LogP contribution is -2.41. The third kappa shape index (κ3) is 4.94. The van der Waals surface area contributed by atoms with Crippen LogP contribution in [0.25, 0.3) is 6.08 Å². The van der Waals surface area contributed by atoms with Crippen LogP contribution in [0.3, 0.4) is 0 Å². The Bertz CT molecular complexity index is 553. The van der Waals surface area contributed by atoms with Crippen LogP contribution in [0.5, 0.6) is 0 Å². The fourth-order valence-corrected chi connectivity index (χ4v) is 2.18. The van der Waals surface area contributed by atoms with E-state index in [-0.39, 0.29) is 11.6 Å². The first-order chi connectivity index (χ1) is 10.7. The van der Waals surface area contributed by atoms with Crippen molar-refractivity contribution in [2.45, 2.75) is 0 Å². The van der Waals surface area contributed by atoms with Gasteiger partial charge in [0.05, 0.1) is 23.7 Å². The molecule has 1 heterocycles. The normalized spacial score (nSPS) is 15.8. The molecular formula is C15H19N3O4. The van der Waals surface area contributed by atoms with Gasteiger partial charge in [-0.15, -0.1) is 0 Å². The number of hydrogen-bond acceptors (Lipinski definition) is 5. The van der Waals surface area contributed by atoms with E-state index in [0.29, 0.717) is 12.1 Å². The fraction of sp³-hybridized carbons (Fsp3) is 0.400. The molecule has 1 aliphatic heterocycles. The van der Waals surface area contributed by atoms with Crippen molar-refractivity contribution in [2.24, 2.45) is 0 Å². The standard InChI is InChI=1S/C15H19N3O4/c19-15(16-7-8-17-9-11-22-12-10-17)6-5-13-3-1-2-4-14(13)18(20)21/h1-6H,7-12H2,(H,16,19)/b6-5+. The van der Waals surface area contributed by atoms with E-state index < -0.39 is 4.92 Å². The Hall–Kier alpha value is -2.25. The van der Waals surface area contributed by atoms with E-state index in [2.05, 4.69) is 10.2 Å². The number of morpholine rings is 1. The summed E-state index contributed by atoms with van der Waals surface area (Å²) in [5.41, 5.74) is 0.399. The summed E-state index contributed by atoms with van der Waals surface area (Å²) in [5.74, 6) is -0.258. The molecule has 0 atom stereocenters. The lowest BCUT2D eigenvalue weighted by molar-refractivity contribution is -0.385. The SMILES string of the molecule is O=C(/C=C/c1ccccc1[N+](=O)[O-])NCCN1CCOCC1. The number of nitro benzene ring substituents is 1. The zero-order valence-electron chi connectivity index (χ0n) is 12.2. The van der Waals surface area contributed by atoms with Gasteiger partial charge in [0.2, 0.25) is 5.91 Å². The molecule has 2 rings (SSSR count). The van der Waals surface area contributed by atoms with Gasteiger partial charge in [0, 0.05) is 38.3 Å². The topological polar surface area (TPSA) is 84.7 Å². The van der Waals surface area contributed by atoms with Gasteiger partial charge in [-0.3, -0.25) is 19.8 Å². The maximum absolute atomic E-state index is 11.7. The number of amides is 1. The summed E-state index contributed by atoms with van der Waals surface area (Å²) in [6.45, 7) is 4.52. The van der Waals surface area contributed by atoms with Crippen LogP contribution in [0.4, 0.5) is 5.69 Å². The molecule has 0 bridgehead atoms. The van der Waals surface area contributed by atoms with Gasteiger partial charge in [-0.1, -0.05) is 12.1 Å². The van der Waals surface area contributed by atoms with Gasteiger partial charge in [0.25, 0.3) is 5.69 Å². The van der Waals surface area contributed by atoms with E-state index in [0.717, 1.165) is 32.8 Å². The predicted octanol–water partition coefficient (Wildman–Crippen LogP) is 1.06. The van der Waals surface area contributed by atoms with Crippen molar-refractivity contribution in [1.29, 1.82) is 0 Å². The fourth-order valence-electron chi connectivity index (χ4n) is 2.18. The zero-order chi connectivity index (χ0) is 15.8. The summed E-state index contributed by atoms with van der Waals surface area (Å²) < 4.78 is 5.25. The van der Waals surface area contributed by atoms with E-state index >= 15 is 0 Å². The van der Waals surface area contributed by atoms with Crippen LogP contribution in [-0.2, 0) is 9.53 Å². The highest BCUT2D eigenvalue weighted by Gasteiger charge is 2.11. The van der Waals surface area contributed by atoms with Crippen molar-refractivity contribution >= 4 is 17.7 Å². The molecule has 1 N–H and O–H groups in total. The molecular weight excluding hydrogens is 286 g/mol. The molecule has 0 spiro atoms. The minimum atomic E-state index is -0.462. The Labute approximate surface area is 128 Å². The van der Waals surface area contributed by atoms with Crippen molar-refractivity contribution in [3.8, 4) is 0 Å². The van der Waals surface area contributed by atoms with Crippen LogP contribution in [0, 0.1) is 10.1 Å².